The number of likely N-dealkylation sites (N-methyl/N-ethyl adjacent to an activating group) is 1. The van der Waals surface area contributed by atoms with Gasteiger partial charge in [0, 0.05) is 25.8 Å². The Balaban J connectivity index is 1.66. The summed E-state index contributed by atoms with van der Waals surface area (Å²) in [7, 11) is 3.34. The lowest BCUT2D eigenvalue weighted by molar-refractivity contribution is -0.133. The molecule has 7 nitrogen and oxygen atoms in total. The molecule has 0 spiro atoms. The first kappa shape index (κ1) is 16.3. The topological polar surface area (TPSA) is 72.0 Å². The molecular weight excluding hydrogens is 322 g/mol. The lowest BCUT2D eigenvalue weighted by Gasteiger charge is -2.29. The summed E-state index contributed by atoms with van der Waals surface area (Å²) in [6.07, 6.45) is 2.95. The van der Waals surface area contributed by atoms with Crippen molar-refractivity contribution in [1.82, 2.24) is 14.8 Å². The predicted octanol–water partition coefficient (Wildman–Crippen LogP) is 0.508. The molecule has 2 saturated heterocycles. The monoisotopic (exact) mass is 345 g/mol. The van der Waals surface area contributed by atoms with Gasteiger partial charge in [-0.15, -0.1) is 0 Å². The second kappa shape index (κ2) is 6.29. The van der Waals surface area contributed by atoms with Crippen molar-refractivity contribution in [2.24, 2.45) is 5.92 Å². The molecule has 1 aromatic rings. The summed E-state index contributed by atoms with van der Waals surface area (Å²) in [4.78, 5) is 33.7. The Morgan fingerprint density at radius 2 is 2.16 bits per heavy atom. The largest absolute Gasteiger partial charge is 0.480 e. The number of ether oxygens (including phenoxy) is 2. The zero-order valence-corrected chi connectivity index (χ0v) is 14.7. The maximum Gasteiger partial charge on any atom is 0.259 e. The van der Waals surface area contributed by atoms with Crippen LogP contribution in [0.2, 0.25) is 0 Å². The van der Waals surface area contributed by atoms with Gasteiger partial charge in [0.1, 0.15) is 5.56 Å². The van der Waals surface area contributed by atoms with Crippen LogP contribution >= 0.6 is 0 Å². The molecule has 1 aromatic heterocycles. The fraction of sp³-hybridized carbons (Fsp3) is 0.611. The molecule has 2 bridgehead atoms. The molecule has 3 aliphatic rings. The molecule has 4 rings (SSSR count). The minimum Gasteiger partial charge on any atom is -0.480 e. The molecule has 0 saturated carbocycles. The summed E-state index contributed by atoms with van der Waals surface area (Å²) in [6, 6.07) is 1.82. The number of rotatable bonds is 2. The molecule has 0 unspecified atom stereocenters. The van der Waals surface area contributed by atoms with Gasteiger partial charge >= 0.3 is 0 Å². The Hall–Kier alpha value is -2.15. The van der Waals surface area contributed by atoms with Crippen molar-refractivity contribution in [1.29, 1.82) is 0 Å². The van der Waals surface area contributed by atoms with E-state index in [0.717, 1.165) is 30.5 Å². The van der Waals surface area contributed by atoms with E-state index < -0.39 is 0 Å². The normalized spacial score (nSPS) is 25.6. The first-order valence-corrected chi connectivity index (χ1v) is 8.79. The van der Waals surface area contributed by atoms with Crippen molar-refractivity contribution >= 4 is 11.8 Å². The number of amides is 2. The zero-order chi connectivity index (χ0) is 17.6. The molecule has 2 aliphatic heterocycles. The first-order valence-electron chi connectivity index (χ1n) is 8.79. The lowest BCUT2D eigenvalue weighted by Crippen LogP contribution is -2.45. The van der Waals surface area contributed by atoms with E-state index in [9.17, 15) is 9.59 Å². The Morgan fingerprint density at radius 1 is 1.32 bits per heavy atom. The number of fused-ring (bicyclic) bond motifs is 4. The van der Waals surface area contributed by atoms with E-state index in [2.05, 4.69) is 4.98 Å². The van der Waals surface area contributed by atoms with E-state index >= 15 is 0 Å². The second-order valence-electron chi connectivity index (χ2n) is 7.05. The van der Waals surface area contributed by atoms with Crippen molar-refractivity contribution in [2.45, 2.75) is 25.3 Å². The number of carbonyl (C=O) groups excluding carboxylic acids is 2. The highest BCUT2D eigenvalue weighted by Crippen LogP contribution is 2.29. The number of methoxy groups -OCH3 is 1. The molecule has 0 radical (unpaired) electrons. The average Bonchev–Trinajstić information content (AvgIpc) is 2.97. The SMILES string of the molecule is COc1nc2c(cc1C(=O)N1C[C@@H]3COC[C@H](C1)N(C)C3=O)CCC2. The van der Waals surface area contributed by atoms with Gasteiger partial charge in [-0.3, -0.25) is 9.59 Å². The Bertz CT molecular complexity index is 721. The van der Waals surface area contributed by atoms with E-state index in [1.54, 1.807) is 24.0 Å². The van der Waals surface area contributed by atoms with Crippen molar-refractivity contribution in [3.8, 4) is 5.88 Å². The molecule has 0 aromatic carbocycles. The van der Waals surface area contributed by atoms with Crippen molar-refractivity contribution in [2.75, 3.05) is 40.5 Å². The summed E-state index contributed by atoms with van der Waals surface area (Å²) >= 11 is 0. The van der Waals surface area contributed by atoms with Crippen LogP contribution in [-0.2, 0) is 22.4 Å². The molecule has 7 heteroatoms. The molecule has 0 N–H and O–H groups in total. The Labute approximate surface area is 146 Å². The minimum atomic E-state index is -0.310. The van der Waals surface area contributed by atoms with E-state index in [1.165, 1.54) is 0 Å². The molecule has 3 heterocycles. The van der Waals surface area contributed by atoms with Crippen LogP contribution in [0.4, 0.5) is 0 Å². The van der Waals surface area contributed by atoms with Crippen molar-refractivity contribution in [3.63, 3.8) is 0 Å². The molecule has 2 atom stereocenters. The number of aromatic nitrogens is 1. The Morgan fingerprint density at radius 3 is 2.96 bits per heavy atom. The standard InChI is InChI=1S/C18H23N3O4/c1-20-13-8-21(7-12(17(20)22)9-25-10-13)18(23)14-6-11-4-3-5-15(11)19-16(14)24-2/h6,12-13H,3-5,7-10H2,1-2H3/t12-,13+/m1/s1. The van der Waals surface area contributed by atoms with Gasteiger partial charge in [-0.2, -0.15) is 0 Å². The van der Waals surface area contributed by atoms with Gasteiger partial charge in [0.15, 0.2) is 0 Å². The number of hydrogen-bond acceptors (Lipinski definition) is 5. The zero-order valence-electron chi connectivity index (χ0n) is 14.7. The maximum atomic E-state index is 13.2. The maximum absolute atomic E-state index is 13.2. The van der Waals surface area contributed by atoms with Crippen molar-refractivity contribution < 1.29 is 19.1 Å². The van der Waals surface area contributed by atoms with Gasteiger partial charge in [0.25, 0.3) is 5.91 Å². The molecule has 134 valence electrons. The highest BCUT2D eigenvalue weighted by atomic mass is 16.5. The quantitative estimate of drug-likeness (QED) is 0.781. The van der Waals surface area contributed by atoms with Crippen LogP contribution < -0.4 is 4.74 Å². The van der Waals surface area contributed by atoms with Crippen molar-refractivity contribution in [3.05, 3.63) is 22.9 Å². The Kier molecular flexibility index (Phi) is 4.11. The van der Waals surface area contributed by atoms with Gasteiger partial charge in [0.05, 0.1) is 32.3 Å². The van der Waals surface area contributed by atoms with E-state index in [0.29, 0.717) is 37.7 Å². The first-order chi connectivity index (χ1) is 12.1. The summed E-state index contributed by atoms with van der Waals surface area (Å²) in [5.74, 6) is 0.0155. The van der Waals surface area contributed by atoms with Gasteiger partial charge in [-0.1, -0.05) is 0 Å². The van der Waals surface area contributed by atoms with E-state index in [1.807, 2.05) is 6.07 Å². The third kappa shape index (κ3) is 2.76. The molecule has 25 heavy (non-hydrogen) atoms. The van der Waals surface area contributed by atoms with Crippen LogP contribution in [0.1, 0.15) is 28.0 Å². The fourth-order valence-corrected chi connectivity index (χ4v) is 4.00. The van der Waals surface area contributed by atoms with Crippen LogP contribution in [0, 0.1) is 5.92 Å². The third-order valence-corrected chi connectivity index (χ3v) is 5.47. The van der Waals surface area contributed by atoms with Crippen LogP contribution in [0.15, 0.2) is 6.07 Å². The van der Waals surface area contributed by atoms with Crippen LogP contribution in [0.25, 0.3) is 0 Å². The number of carbonyl (C=O) groups is 2. The van der Waals surface area contributed by atoms with Gasteiger partial charge in [-0.05, 0) is 30.9 Å². The summed E-state index contributed by atoms with van der Waals surface area (Å²) < 4.78 is 11.0. The van der Waals surface area contributed by atoms with Gasteiger partial charge in [0.2, 0.25) is 11.8 Å². The van der Waals surface area contributed by atoms with Crippen LogP contribution in [-0.4, -0.2) is 73.1 Å². The lowest BCUT2D eigenvalue weighted by atomic mass is 10.1. The van der Waals surface area contributed by atoms with Crippen LogP contribution in [0.5, 0.6) is 5.88 Å². The van der Waals surface area contributed by atoms with Gasteiger partial charge < -0.3 is 19.3 Å². The number of aryl methyl sites for hydroxylation is 2. The average molecular weight is 345 g/mol. The number of pyridine rings is 1. The smallest absolute Gasteiger partial charge is 0.259 e. The van der Waals surface area contributed by atoms with Gasteiger partial charge in [-0.25, -0.2) is 4.98 Å². The highest BCUT2D eigenvalue weighted by Gasteiger charge is 2.39. The number of hydrogen-bond donors (Lipinski definition) is 0. The predicted molar refractivity (Wildman–Crippen MR) is 89.6 cm³/mol. The summed E-state index contributed by atoms with van der Waals surface area (Å²) in [5, 5.41) is 0. The van der Waals surface area contributed by atoms with E-state index in [-0.39, 0.29) is 23.8 Å². The fourth-order valence-electron chi connectivity index (χ4n) is 4.00. The van der Waals surface area contributed by atoms with Crippen LogP contribution in [0.3, 0.4) is 0 Å². The number of nitrogens with zero attached hydrogens (tertiary/aromatic N) is 3. The van der Waals surface area contributed by atoms with E-state index in [4.69, 9.17) is 9.47 Å². The molecule has 1 aliphatic carbocycles. The molecule has 2 fully saturated rings. The second-order valence-corrected chi connectivity index (χ2v) is 7.05. The molecular formula is C18H23N3O4. The summed E-state index contributed by atoms with van der Waals surface area (Å²) in [5.41, 5.74) is 2.67. The highest BCUT2D eigenvalue weighted by molar-refractivity contribution is 5.97. The minimum absolute atomic E-state index is 0.0526. The third-order valence-electron chi connectivity index (χ3n) is 5.47. The molecule has 2 amide bonds. The summed E-state index contributed by atoms with van der Waals surface area (Å²) in [6.45, 7) is 1.67.